The van der Waals surface area contributed by atoms with Crippen LogP contribution in [0.15, 0.2) is 47.5 Å². The van der Waals surface area contributed by atoms with Gasteiger partial charge < -0.3 is 25.4 Å². The number of nitrogens with two attached hydrogens (primary N) is 1. The summed E-state index contributed by atoms with van der Waals surface area (Å²) in [6, 6.07) is 13.2. The number of aliphatic imine (C=N–C) groups is 1. The molecule has 27 heavy (non-hydrogen) atoms. The topological polar surface area (TPSA) is 72.1 Å². The molecule has 148 valence electrons. The molecule has 0 saturated carbocycles. The zero-order valence-electron chi connectivity index (χ0n) is 15.7. The number of rotatable bonds is 8. The summed E-state index contributed by atoms with van der Waals surface area (Å²) in [5, 5.41) is 3.52. The highest BCUT2D eigenvalue weighted by Crippen LogP contribution is 2.27. The maximum atomic E-state index is 6.10. The highest BCUT2D eigenvalue weighted by molar-refractivity contribution is 14.0. The summed E-state index contributed by atoms with van der Waals surface area (Å²) in [5.74, 6) is 1.75. The molecule has 0 aromatic heterocycles. The van der Waals surface area contributed by atoms with E-state index in [1.54, 1.807) is 19.2 Å². The van der Waals surface area contributed by atoms with Gasteiger partial charge in [-0.1, -0.05) is 23.7 Å². The van der Waals surface area contributed by atoms with Gasteiger partial charge >= 0.3 is 0 Å². The van der Waals surface area contributed by atoms with E-state index < -0.39 is 0 Å². The number of likely N-dealkylation sites (N-methyl/N-ethyl adjacent to an activating group) is 1. The van der Waals surface area contributed by atoms with E-state index >= 15 is 0 Å². The average molecular weight is 505 g/mol. The van der Waals surface area contributed by atoms with Crippen LogP contribution >= 0.6 is 35.6 Å². The van der Waals surface area contributed by atoms with Crippen molar-refractivity contribution in [3.8, 4) is 11.5 Å². The molecule has 8 heteroatoms. The minimum atomic E-state index is 0. The lowest BCUT2D eigenvalue weighted by molar-refractivity contribution is 0.261. The first-order chi connectivity index (χ1) is 12.5. The Balaban J connectivity index is 0.00000364. The highest BCUT2D eigenvalue weighted by atomic mass is 127. The molecule has 0 aliphatic heterocycles. The molecule has 6 nitrogen and oxygen atoms in total. The Labute approximate surface area is 182 Å². The second kappa shape index (κ2) is 11.9. The minimum Gasteiger partial charge on any atom is -0.495 e. The Bertz CT molecular complexity index is 756. The van der Waals surface area contributed by atoms with Crippen LogP contribution in [0.25, 0.3) is 0 Å². The quantitative estimate of drug-likeness (QED) is 0.325. The SMILES string of the molecule is COc1ccc(NC(N)=NCc2cccc(OCCN(C)C)c2)cc1Cl.I. The van der Waals surface area contributed by atoms with Crippen molar-refractivity contribution >= 4 is 47.2 Å². The number of benzene rings is 2. The van der Waals surface area contributed by atoms with Crippen LogP contribution in [-0.4, -0.2) is 45.2 Å². The first kappa shape index (κ1) is 23.3. The Kier molecular flexibility index (Phi) is 10.3. The van der Waals surface area contributed by atoms with E-state index in [2.05, 4.69) is 15.2 Å². The Morgan fingerprint density at radius 3 is 2.67 bits per heavy atom. The molecule has 3 N–H and O–H groups in total. The van der Waals surface area contributed by atoms with Gasteiger partial charge in [0.2, 0.25) is 0 Å². The monoisotopic (exact) mass is 504 g/mol. The van der Waals surface area contributed by atoms with Crippen LogP contribution in [0.5, 0.6) is 11.5 Å². The van der Waals surface area contributed by atoms with Gasteiger partial charge in [-0.25, -0.2) is 4.99 Å². The Morgan fingerprint density at radius 2 is 2.00 bits per heavy atom. The van der Waals surface area contributed by atoms with E-state index in [0.29, 0.717) is 29.9 Å². The Hall–Kier alpha value is -1.71. The van der Waals surface area contributed by atoms with E-state index in [4.69, 9.17) is 26.8 Å². The largest absolute Gasteiger partial charge is 0.495 e. The van der Waals surface area contributed by atoms with Crippen molar-refractivity contribution in [2.45, 2.75) is 6.54 Å². The number of anilines is 1. The number of ether oxygens (including phenoxy) is 2. The number of methoxy groups -OCH3 is 1. The summed E-state index contributed by atoms with van der Waals surface area (Å²) in [6.07, 6.45) is 0. The van der Waals surface area contributed by atoms with Crippen molar-refractivity contribution in [3.05, 3.63) is 53.1 Å². The van der Waals surface area contributed by atoms with Gasteiger partial charge in [0.1, 0.15) is 18.1 Å². The van der Waals surface area contributed by atoms with Gasteiger partial charge in [-0.05, 0) is 50.0 Å². The van der Waals surface area contributed by atoms with Crippen LogP contribution in [0.1, 0.15) is 5.56 Å². The van der Waals surface area contributed by atoms with Crippen molar-refractivity contribution in [2.24, 2.45) is 10.7 Å². The zero-order valence-corrected chi connectivity index (χ0v) is 18.8. The van der Waals surface area contributed by atoms with Crippen LogP contribution in [0, 0.1) is 0 Å². The second-order valence-electron chi connectivity index (χ2n) is 5.97. The number of nitrogens with zero attached hydrogens (tertiary/aromatic N) is 2. The minimum absolute atomic E-state index is 0. The first-order valence-electron chi connectivity index (χ1n) is 8.25. The predicted octanol–water partition coefficient (Wildman–Crippen LogP) is 3.83. The fraction of sp³-hybridized carbons (Fsp3) is 0.316. The summed E-state index contributed by atoms with van der Waals surface area (Å²) >= 11 is 6.10. The number of hydrogen-bond acceptors (Lipinski definition) is 4. The normalized spacial score (nSPS) is 11.1. The molecular weight excluding hydrogens is 479 g/mol. The lowest BCUT2D eigenvalue weighted by Crippen LogP contribution is -2.22. The van der Waals surface area contributed by atoms with Crippen molar-refractivity contribution in [1.29, 1.82) is 0 Å². The molecule has 0 amide bonds. The maximum Gasteiger partial charge on any atom is 0.193 e. The standard InChI is InChI=1S/C19H25ClN4O2.HI/c1-24(2)9-10-26-16-6-4-5-14(11-16)13-22-19(21)23-15-7-8-18(25-3)17(20)12-15;/h4-8,11-12H,9-10,13H2,1-3H3,(H3,21,22,23);1H. The van der Waals surface area contributed by atoms with Crippen molar-refractivity contribution in [3.63, 3.8) is 0 Å². The highest BCUT2D eigenvalue weighted by Gasteiger charge is 2.03. The summed E-state index contributed by atoms with van der Waals surface area (Å²) in [6.45, 7) is 1.96. The zero-order chi connectivity index (χ0) is 18.9. The summed E-state index contributed by atoms with van der Waals surface area (Å²) < 4.78 is 10.9. The van der Waals surface area contributed by atoms with Gasteiger partial charge in [0, 0.05) is 12.2 Å². The number of guanidine groups is 1. The molecule has 2 aromatic rings. The molecule has 0 spiro atoms. The molecule has 0 bridgehead atoms. The lowest BCUT2D eigenvalue weighted by Gasteiger charge is -2.11. The van der Waals surface area contributed by atoms with E-state index in [9.17, 15) is 0 Å². The van der Waals surface area contributed by atoms with Crippen LogP contribution in [0.4, 0.5) is 5.69 Å². The molecule has 0 atom stereocenters. The molecule has 0 radical (unpaired) electrons. The van der Waals surface area contributed by atoms with Crippen LogP contribution < -0.4 is 20.5 Å². The third-order valence-corrected chi connectivity index (χ3v) is 3.86. The van der Waals surface area contributed by atoms with E-state index in [1.165, 1.54) is 0 Å². The molecule has 0 unspecified atom stereocenters. The van der Waals surface area contributed by atoms with Crippen LogP contribution in [0.3, 0.4) is 0 Å². The third-order valence-electron chi connectivity index (χ3n) is 3.56. The Morgan fingerprint density at radius 1 is 1.22 bits per heavy atom. The van der Waals surface area contributed by atoms with Crippen LogP contribution in [-0.2, 0) is 6.54 Å². The predicted molar refractivity (Wildman–Crippen MR) is 123 cm³/mol. The van der Waals surface area contributed by atoms with Crippen molar-refractivity contribution in [1.82, 2.24) is 4.90 Å². The van der Waals surface area contributed by atoms with E-state index in [-0.39, 0.29) is 24.0 Å². The molecule has 0 saturated heterocycles. The van der Waals surface area contributed by atoms with E-state index in [1.807, 2.05) is 44.4 Å². The maximum absolute atomic E-state index is 6.10. The fourth-order valence-electron chi connectivity index (χ4n) is 2.19. The van der Waals surface area contributed by atoms with Gasteiger partial charge in [0.25, 0.3) is 0 Å². The number of halogens is 2. The fourth-order valence-corrected chi connectivity index (χ4v) is 2.45. The molecule has 0 aliphatic carbocycles. The number of nitrogens with one attached hydrogen (secondary N) is 1. The van der Waals surface area contributed by atoms with Gasteiger partial charge in [-0.3, -0.25) is 0 Å². The van der Waals surface area contributed by atoms with Gasteiger partial charge in [0.15, 0.2) is 5.96 Å². The molecule has 0 heterocycles. The summed E-state index contributed by atoms with van der Waals surface area (Å²) in [5.41, 5.74) is 7.72. The summed E-state index contributed by atoms with van der Waals surface area (Å²) in [4.78, 5) is 6.43. The molecule has 0 aliphatic rings. The van der Waals surface area contributed by atoms with Crippen molar-refractivity contribution in [2.75, 3.05) is 39.7 Å². The molecule has 0 fully saturated rings. The van der Waals surface area contributed by atoms with Gasteiger partial charge in [-0.2, -0.15) is 0 Å². The van der Waals surface area contributed by atoms with E-state index in [0.717, 1.165) is 23.5 Å². The smallest absolute Gasteiger partial charge is 0.193 e. The molecule has 2 aromatic carbocycles. The van der Waals surface area contributed by atoms with Gasteiger partial charge in [-0.15, -0.1) is 24.0 Å². The second-order valence-corrected chi connectivity index (χ2v) is 6.38. The lowest BCUT2D eigenvalue weighted by atomic mass is 10.2. The van der Waals surface area contributed by atoms with Crippen molar-refractivity contribution < 1.29 is 9.47 Å². The third kappa shape index (κ3) is 8.23. The molecule has 2 rings (SSSR count). The molecular formula is C19H26ClIN4O2. The average Bonchev–Trinajstić information content (AvgIpc) is 2.60. The first-order valence-corrected chi connectivity index (χ1v) is 8.62. The summed E-state index contributed by atoms with van der Waals surface area (Å²) in [7, 11) is 5.60. The van der Waals surface area contributed by atoms with Gasteiger partial charge in [0.05, 0.1) is 18.7 Å². The van der Waals surface area contributed by atoms with Crippen LogP contribution in [0.2, 0.25) is 5.02 Å². The number of hydrogen-bond donors (Lipinski definition) is 2.